The molecule has 11 heteroatoms. The molecule has 3 heterocycles. The number of halogens is 3. The molecule has 1 unspecified atom stereocenters. The van der Waals surface area contributed by atoms with E-state index >= 15 is 0 Å². The Hall–Kier alpha value is -3.24. The predicted octanol–water partition coefficient (Wildman–Crippen LogP) is 2.07. The topological polar surface area (TPSA) is 94.5 Å². The van der Waals surface area contributed by atoms with Gasteiger partial charge in [-0.3, -0.25) is 9.78 Å². The second-order valence-corrected chi connectivity index (χ2v) is 7.15. The Morgan fingerprint density at radius 2 is 1.83 bits per heavy atom. The first-order chi connectivity index (χ1) is 14.3. The summed E-state index contributed by atoms with van der Waals surface area (Å²) in [7, 11) is 1.21. The summed E-state index contributed by atoms with van der Waals surface area (Å²) in [6.07, 6.45) is -2.01. The molecule has 8 nitrogen and oxygen atoms in total. The highest BCUT2D eigenvalue weighted by atomic mass is 19.4. The quantitative estimate of drug-likeness (QED) is 0.681. The van der Waals surface area contributed by atoms with E-state index in [0.717, 1.165) is 6.07 Å². The van der Waals surface area contributed by atoms with Crippen molar-refractivity contribution in [3.63, 3.8) is 0 Å². The Bertz CT molecular complexity index is 972. The number of piperidine rings is 1. The maximum absolute atomic E-state index is 12.7. The number of hydrogen-bond donors (Lipinski definition) is 0. The molecule has 0 bridgehead atoms. The number of nitrogens with zero attached hydrogens (tertiary/aromatic N) is 4. The van der Waals surface area contributed by atoms with Crippen LogP contribution in [0.5, 0.6) is 5.88 Å². The van der Waals surface area contributed by atoms with Crippen LogP contribution in [-0.2, 0) is 10.9 Å². The molecule has 1 saturated carbocycles. The van der Waals surface area contributed by atoms with Crippen molar-refractivity contribution in [3.8, 4) is 5.88 Å². The summed E-state index contributed by atoms with van der Waals surface area (Å²) in [5, 5.41) is 0. The van der Waals surface area contributed by atoms with Gasteiger partial charge in [0.2, 0.25) is 5.88 Å². The van der Waals surface area contributed by atoms with Crippen LogP contribution in [0, 0.1) is 17.8 Å². The second kappa shape index (κ2) is 7.54. The number of esters is 1. The number of alkyl halides is 3. The molecule has 0 N–H and O–H groups in total. The van der Waals surface area contributed by atoms with Crippen molar-refractivity contribution in [2.24, 2.45) is 17.8 Å². The molecule has 2 aromatic heterocycles. The van der Waals surface area contributed by atoms with Gasteiger partial charge < -0.3 is 14.4 Å². The molecule has 1 aliphatic carbocycles. The first-order valence-corrected chi connectivity index (χ1v) is 9.14. The monoisotopic (exact) mass is 422 g/mol. The fraction of sp³-hybridized carbons (Fsp3) is 0.421. The molecule has 2 aliphatic rings. The summed E-state index contributed by atoms with van der Waals surface area (Å²) in [5.74, 6) is -0.523. The molecule has 3 atom stereocenters. The van der Waals surface area contributed by atoms with Gasteiger partial charge in [0.1, 0.15) is 11.4 Å². The van der Waals surface area contributed by atoms with E-state index in [1.54, 1.807) is 4.90 Å². The Labute approximate surface area is 169 Å². The number of fused-ring (bicyclic) bond motifs is 1. The van der Waals surface area contributed by atoms with E-state index in [0.29, 0.717) is 13.1 Å². The van der Waals surface area contributed by atoms with Gasteiger partial charge in [0, 0.05) is 25.1 Å². The Balaban J connectivity index is 1.31. The first kappa shape index (κ1) is 20.0. The Morgan fingerprint density at radius 3 is 2.50 bits per heavy atom. The molecule has 30 heavy (non-hydrogen) atoms. The molecule has 1 saturated heterocycles. The fourth-order valence-corrected chi connectivity index (χ4v) is 3.73. The normalized spacial score (nSPS) is 22.4. The number of rotatable bonds is 5. The van der Waals surface area contributed by atoms with Crippen LogP contribution in [0.1, 0.15) is 26.7 Å². The van der Waals surface area contributed by atoms with Gasteiger partial charge in [0.15, 0.2) is 5.69 Å². The summed E-state index contributed by atoms with van der Waals surface area (Å²) in [6, 6.07) is 3.53. The van der Waals surface area contributed by atoms with Gasteiger partial charge in [0.25, 0.3) is 5.91 Å². The molecule has 1 aliphatic heterocycles. The molecule has 0 aromatic carbocycles. The molecule has 2 aromatic rings. The van der Waals surface area contributed by atoms with E-state index in [9.17, 15) is 22.8 Å². The van der Waals surface area contributed by atoms with Gasteiger partial charge in [-0.1, -0.05) is 6.07 Å². The first-order valence-electron chi connectivity index (χ1n) is 9.14. The van der Waals surface area contributed by atoms with Crippen LogP contribution in [0.25, 0.3) is 0 Å². The predicted molar refractivity (Wildman–Crippen MR) is 94.5 cm³/mol. The van der Waals surface area contributed by atoms with Crippen LogP contribution in [0.15, 0.2) is 30.6 Å². The summed E-state index contributed by atoms with van der Waals surface area (Å²) in [4.78, 5) is 37.1. The molecular formula is C19H17F3N4O4. The summed E-state index contributed by atoms with van der Waals surface area (Å²) >= 11 is 0. The molecule has 4 rings (SSSR count). The summed E-state index contributed by atoms with van der Waals surface area (Å²) in [6.45, 7) is 1.21. The van der Waals surface area contributed by atoms with Gasteiger partial charge >= 0.3 is 12.1 Å². The number of hydrogen-bond acceptors (Lipinski definition) is 7. The molecule has 158 valence electrons. The van der Waals surface area contributed by atoms with Crippen LogP contribution < -0.4 is 4.74 Å². The average molecular weight is 422 g/mol. The number of aromatic nitrogens is 3. The van der Waals surface area contributed by atoms with Crippen LogP contribution in [0.3, 0.4) is 0 Å². The van der Waals surface area contributed by atoms with Crippen molar-refractivity contribution in [3.05, 3.63) is 47.7 Å². The lowest BCUT2D eigenvalue weighted by atomic mass is 10.2. The highest BCUT2D eigenvalue weighted by molar-refractivity contribution is 5.94. The van der Waals surface area contributed by atoms with E-state index in [-0.39, 0.29) is 47.5 Å². The van der Waals surface area contributed by atoms with Gasteiger partial charge in [-0.2, -0.15) is 13.2 Å². The zero-order chi connectivity index (χ0) is 21.5. The molecule has 1 amide bonds. The van der Waals surface area contributed by atoms with Crippen LogP contribution >= 0.6 is 0 Å². The van der Waals surface area contributed by atoms with Gasteiger partial charge in [-0.15, -0.1) is 0 Å². The third kappa shape index (κ3) is 3.91. The largest absolute Gasteiger partial charge is 0.477 e. The number of carbonyl (C=O) groups excluding carboxylic acids is 2. The van der Waals surface area contributed by atoms with E-state index in [4.69, 9.17) is 4.74 Å². The van der Waals surface area contributed by atoms with E-state index < -0.39 is 17.8 Å². The number of ether oxygens (including phenoxy) is 2. The Kier molecular flexibility index (Phi) is 5.04. The number of pyridine rings is 1. The summed E-state index contributed by atoms with van der Waals surface area (Å²) in [5.41, 5.74) is -0.990. The Morgan fingerprint density at radius 1 is 1.13 bits per heavy atom. The summed E-state index contributed by atoms with van der Waals surface area (Å²) < 4.78 is 48.2. The highest BCUT2D eigenvalue weighted by Gasteiger charge is 2.57. The van der Waals surface area contributed by atoms with E-state index in [1.807, 2.05) is 0 Å². The minimum atomic E-state index is -4.52. The van der Waals surface area contributed by atoms with Crippen molar-refractivity contribution in [1.82, 2.24) is 19.9 Å². The van der Waals surface area contributed by atoms with Crippen molar-refractivity contribution < 1.29 is 32.2 Å². The van der Waals surface area contributed by atoms with E-state index in [1.165, 1.54) is 31.6 Å². The smallest absolute Gasteiger partial charge is 0.433 e. The lowest BCUT2D eigenvalue weighted by Crippen LogP contribution is -2.33. The third-order valence-electron chi connectivity index (χ3n) is 5.34. The molecule has 2 fully saturated rings. The van der Waals surface area contributed by atoms with Crippen LogP contribution in [0.4, 0.5) is 13.2 Å². The van der Waals surface area contributed by atoms with Gasteiger partial charge in [-0.25, -0.2) is 14.8 Å². The second-order valence-electron chi connectivity index (χ2n) is 7.15. The lowest BCUT2D eigenvalue weighted by Gasteiger charge is -2.19. The van der Waals surface area contributed by atoms with Crippen molar-refractivity contribution >= 4 is 11.9 Å². The maximum Gasteiger partial charge on any atom is 0.433 e. The minimum Gasteiger partial charge on any atom is -0.477 e. The third-order valence-corrected chi connectivity index (χ3v) is 5.34. The molecule has 0 radical (unpaired) electrons. The van der Waals surface area contributed by atoms with Gasteiger partial charge in [0.05, 0.1) is 26.1 Å². The zero-order valence-corrected chi connectivity index (χ0v) is 15.8. The average Bonchev–Trinajstić information content (AvgIpc) is 3.19. The van der Waals surface area contributed by atoms with Crippen molar-refractivity contribution in [1.29, 1.82) is 0 Å². The maximum atomic E-state index is 12.7. The fourth-order valence-electron chi connectivity index (χ4n) is 3.73. The zero-order valence-electron chi connectivity index (χ0n) is 15.8. The van der Waals surface area contributed by atoms with Crippen molar-refractivity contribution in [2.75, 3.05) is 26.8 Å². The number of likely N-dealkylation sites (tertiary alicyclic amines) is 1. The minimum absolute atomic E-state index is 0.0485. The van der Waals surface area contributed by atoms with Crippen LogP contribution in [-0.4, -0.2) is 58.5 Å². The lowest BCUT2D eigenvalue weighted by molar-refractivity contribution is -0.141. The van der Waals surface area contributed by atoms with E-state index in [2.05, 4.69) is 19.7 Å². The van der Waals surface area contributed by atoms with Crippen LogP contribution in [0.2, 0.25) is 0 Å². The standard InChI is InChI=1S/C19H17F3N4O4/c1-29-18(28)14-6-23-5-13(24-14)17(27)26-7-10-11(8-26)12(10)9-30-16-4-2-3-15(25-16)19(20,21)22/h2-6,10-12H,7-9H2,1H3/t10-,11+,12?. The highest BCUT2D eigenvalue weighted by Crippen LogP contribution is 2.51. The van der Waals surface area contributed by atoms with Crippen molar-refractivity contribution in [2.45, 2.75) is 6.18 Å². The number of amides is 1. The number of methoxy groups -OCH3 is 1. The molecular weight excluding hydrogens is 405 g/mol. The van der Waals surface area contributed by atoms with Gasteiger partial charge in [-0.05, 0) is 17.9 Å². The SMILES string of the molecule is COC(=O)c1cncc(C(=O)N2C[C@@H]3C(COc4cccc(C(F)(F)F)n4)[C@@H]3C2)n1. The number of carbonyl (C=O) groups is 2. The molecule has 0 spiro atoms.